The summed E-state index contributed by atoms with van der Waals surface area (Å²) in [5.41, 5.74) is 2.00. The predicted octanol–water partition coefficient (Wildman–Crippen LogP) is 4.17. The van der Waals surface area contributed by atoms with Gasteiger partial charge in [0, 0.05) is 0 Å². The van der Waals surface area contributed by atoms with Gasteiger partial charge in [-0.1, -0.05) is 30.3 Å². The fourth-order valence-corrected chi connectivity index (χ4v) is 4.47. The second-order valence-corrected chi connectivity index (χ2v) is 7.10. The Morgan fingerprint density at radius 2 is 2.09 bits per heavy atom. The molecule has 0 saturated carbocycles. The fourth-order valence-electron chi connectivity index (χ4n) is 2.26. The molecule has 0 spiro atoms. The van der Waals surface area contributed by atoms with Crippen LogP contribution in [-0.4, -0.2) is 24.2 Å². The summed E-state index contributed by atoms with van der Waals surface area (Å²) in [4.78, 5) is 14.9. The quantitative estimate of drug-likeness (QED) is 0.650. The van der Waals surface area contributed by atoms with Crippen LogP contribution in [0, 0.1) is 5.41 Å². The van der Waals surface area contributed by atoms with Gasteiger partial charge in [0.1, 0.15) is 0 Å². The summed E-state index contributed by atoms with van der Waals surface area (Å²) in [6, 6.07) is 11.8. The van der Waals surface area contributed by atoms with Crippen LogP contribution in [0.4, 0.5) is 5.69 Å². The summed E-state index contributed by atoms with van der Waals surface area (Å²) in [6.45, 7) is 2.90. The number of halogens is 1. The number of carbonyl (C=O) groups is 1. The number of thiophene rings is 1. The van der Waals surface area contributed by atoms with Crippen molar-refractivity contribution in [2.75, 3.05) is 17.3 Å². The van der Waals surface area contributed by atoms with Gasteiger partial charge in [0.15, 0.2) is 0 Å². The number of rotatable bonds is 4. The maximum Gasteiger partial charge on any atom is 0.237 e. The number of nitrogens with zero attached hydrogens (tertiary/aromatic N) is 1. The number of thioether (sulfide) groups is 1. The number of hydrogen-bond donors (Lipinski definition) is 1. The van der Waals surface area contributed by atoms with Crippen LogP contribution in [0.5, 0.6) is 0 Å². The molecule has 23 heavy (non-hydrogen) atoms. The first-order valence-corrected chi connectivity index (χ1v) is 8.82. The summed E-state index contributed by atoms with van der Waals surface area (Å²) in [5, 5.41) is 7.92. The van der Waals surface area contributed by atoms with Gasteiger partial charge in [0.2, 0.25) is 11.8 Å². The van der Waals surface area contributed by atoms with Crippen molar-refractivity contribution in [3.63, 3.8) is 0 Å². The first-order chi connectivity index (χ1) is 10.7. The number of ether oxygens (including phenoxy) is 1. The topological polar surface area (TPSA) is 53.4 Å². The maximum atomic E-state index is 12.3. The Morgan fingerprint density at radius 1 is 1.35 bits per heavy atom. The Bertz CT molecular complexity index is 703. The predicted molar refractivity (Wildman–Crippen MR) is 98.4 cm³/mol. The van der Waals surface area contributed by atoms with Crippen molar-refractivity contribution in [2.45, 2.75) is 17.7 Å². The fraction of sp³-hybridized carbons (Fsp3) is 0.250. The second-order valence-electron chi connectivity index (χ2n) is 4.80. The zero-order valence-corrected chi connectivity index (χ0v) is 15.0. The average molecular weight is 369 g/mol. The molecule has 122 valence electrons. The van der Waals surface area contributed by atoms with Crippen molar-refractivity contribution in [1.82, 2.24) is 0 Å². The number of amides is 1. The van der Waals surface area contributed by atoms with Gasteiger partial charge >= 0.3 is 0 Å². The van der Waals surface area contributed by atoms with Crippen molar-refractivity contribution < 1.29 is 9.53 Å². The molecular weight excluding hydrogens is 352 g/mol. The molecule has 0 saturated heterocycles. The molecule has 0 bridgehead atoms. The highest BCUT2D eigenvalue weighted by atomic mass is 35.5. The van der Waals surface area contributed by atoms with E-state index in [9.17, 15) is 4.79 Å². The lowest BCUT2D eigenvalue weighted by Gasteiger charge is -2.26. The SMILES string of the molecule is CCOC(=N)c1cc2c(s1)SCC(=O)N2Cc1ccccc1.Cl. The molecule has 1 aromatic carbocycles. The lowest BCUT2D eigenvalue weighted by molar-refractivity contribution is -0.116. The Hall–Kier alpha value is -1.50. The monoisotopic (exact) mass is 368 g/mol. The third kappa shape index (κ3) is 3.88. The summed E-state index contributed by atoms with van der Waals surface area (Å²) in [6.07, 6.45) is 0. The molecule has 7 heteroatoms. The molecule has 0 atom stereocenters. The third-order valence-electron chi connectivity index (χ3n) is 3.29. The number of hydrogen-bond acceptors (Lipinski definition) is 5. The van der Waals surface area contributed by atoms with Crippen LogP contribution in [0.25, 0.3) is 0 Å². The Kier molecular flexibility index (Phi) is 6.10. The van der Waals surface area contributed by atoms with Gasteiger partial charge in [0.25, 0.3) is 0 Å². The van der Waals surface area contributed by atoms with Gasteiger partial charge in [-0.25, -0.2) is 0 Å². The Labute approximate surface area is 149 Å². The van der Waals surface area contributed by atoms with Gasteiger partial charge in [0.05, 0.1) is 33.7 Å². The van der Waals surface area contributed by atoms with Crippen LogP contribution >= 0.6 is 35.5 Å². The Morgan fingerprint density at radius 3 is 2.78 bits per heavy atom. The van der Waals surface area contributed by atoms with Crippen LogP contribution in [0.15, 0.2) is 40.6 Å². The van der Waals surface area contributed by atoms with E-state index in [1.807, 2.05) is 43.3 Å². The van der Waals surface area contributed by atoms with Gasteiger partial charge in [-0.2, -0.15) is 0 Å². The molecule has 4 nitrogen and oxygen atoms in total. The smallest absolute Gasteiger partial charge is 0.237 e. The van der Waals surface area contributed by atoms with E-state index in [0.29, 0.717) is 18.9 Å². The van der Waals surface area contributed by atoms with Gasteiger partial charge in [-0.05, 0) is 18.6 Å². The van der Waals surface area contributed by atoms with Crippen molar-refractivity contribution in [1.29, 1.82) is 5.41 Å². The highest BCUT2D eigenvalue weighted by Crippen LogP contribution is 2.42. The van der Waals surface area contributed by atoms with E-state index < -0.39 is 0 Å². The van der Waals surface area contributed by atoms with E-state index >= 15 is 0 Å². The molecule has 0 radical (unpaired) electrons. The molecule has 1 N–H and O–H groups in total. The first kappa shape index (κ1) is 17.8. The van der Waals surface area contributed by atoms with Gasteiger partial charge in [-0.3, -0.25) is 10.2 Å². The van der Waals surface area contributed by atoms with E-state index in [4.69, 9.17) is 10.1 Å². The second kappa shape index (κ2) is 7.86. The largest absolute Gasteiger partial charge is 0.477 e. The number of nitrogens with one attached hydrogen (secondary N) is 1. The minimum atomic E-state index is 0. The zero-order chi connectivity index (χ0) is 15.5. The number of fused-ring (bicyclic) bond motifs is 1. The molecule has 3 rings (SSSR count). The highest BCUT2D eigenvalue weighted by Gasteiger charge is 2.28. The van der Waals surface area contributed by atoms with E-state index in [2.05, 4.69) is 0 Å². The minimum Gasteiger partial charge on any atom is -0.477 e. The van der Waals surface area contributed by atoms with Crippen LogP contribution in [0.2, 0.25) is 0 Å². The van der Waals surface area contributed by atoms with Crippen LogP contribution in [-0.2, 0) is 16.1 Å². The lowest BCUT2D eigenvalue weighted by atomic mass is 10.2. The first-order valence-electron chi connectivity index (χ1n) is 7.01. The average Bonchev–Trinajstić information content (AvgIpc) is 2.96. The molecule has 1 aliphatic heterocycles. The number of carbonyl (C=O) groups excluding carboxylic acids is 1. The normalized spacial score (nSPS) is 13.3. The molecule has 0 unspecified atom stereocenters. The molecule has 0 fully saturated rings. The van der Waals surface area contributed by atoms with Crippen molar-refractivity contribution in [3.8, 4) is 0 Å². The summed E-state index contributed by atoms with van der Waals surface area (Å²) >= 11 is 3.06. The van der Waals surface area contributed by atoms with E-state index in [-0.39, 0.29) is 24.2 Å². The van der Waals surface area contributed by atoms with Gasteiger partial charge in [-0.15, -0.1) is 35.5 Å². The third-order valence-corrected chi connectivity index (χ3v) is 5.68. The molecular formula is C16H17ClN2O2S2. The number of benzene rings is 1. The van der Waals surface area contributed by atoms with E-state index in [1.54, 1.807) is 16.7 Å². The van der Waals surface area contributed by atoms with Crippen LogP contribution in [0.1, 0.15) is 17.4 Å². The van der Waals surface area contributed by atoms with Gasteiger partial charge < -0.3 is 9.64 Å². The highest BCUT2D eigenvalue weighted by molar-refractivity contribution is 8.02. The Balaban J connectivity index is 0.00000192. The summed E-state index contributed by atoms with van der Waals surface area (Å²) < 4.78 is 6.35. The van der Waals surface area contributed by atoms with Crippen molar-refractivity contribution in [3.05, 3.63) is 46.8 Å². The van der Waals surface area contributed by atoms with E-state index in [0.717, 1.165) is 20.3 Å². The molecule has 2 aromatic rings. The number of anilines is 1. The van der Waals surface area contributed by atoms with E-state index in [1.165, 1.54) is 11.3 Å². The molecule has 2 heterocycles. The van der Waals surface area contributed by atoms with Crippen LogP contribution < -0.4 is 4.90 Å². The van der Waals surface area contributed by atoms with Crippen LogP contribution in [0.3, 0.4) is 0 Å². The summed E-state index contributed by atoms with van der Waals surface area (Å²) in [7, 11) is 0. The van der Waals surface area contributed by atoms with Crippen molar-refractivity contribution in [2.24, 2.45) is 0 Å². The molecule has 0 aliphatic carbocycles. The molecule has 1 aromatic heterocycles. The zero-order valence-electron chi connectivity index (χ0n) is 12.6. The van der Waals surface area contributed by atoms with Crippen molar-refractivity contribution >= 4 is 53.0 Å². The minimum absolute atomic E-state index is 0. The molecule has 1 amide bonds. The maximum absolute atomic E-state index is 12.3. The molecule has 1 aliphatic rings. The standard InChI is InChI=1S/C16H16N2O2S2.ClH/c1-2-20-15(17)13-8-12-16(22-13)21-10-14(19)18(12)9-11-6-4-3-5-7-11;/h3-8,17H,2,9-10H2,1H3;1H. The lowest BCUT2D eigenvalue weighted by Crippen LogP contribution is -2.34. The summed E-state index contributed by atoms with van der Waals surface area (Å²) in [5.74, 6) is 0.727.